The molecule has 3 rings (SSSR count). The van der Waals surface area contributed by atoms with Crippen LogP contribution in [0.3, 0.4) is 0 Å². The molecule has 4 heteroatoms. The third-order valence-electron chi connectivity index (χ3n) is 4.22. The van der Waals surface area contributed by atoms with Crippen LogP contribution < -0.4 is 4.90 Å². The highest BCUT2D eigenvalue weighted by Gasteiger charge is 2.16. The van der Waals surface area contributed by atoms with Gasteiger partial charge in [0.25, 0.3) is 0 Å². The van der Waals surface area contributed by atoms with Gasteiger partial charge in [-0.3, -0.25) is 0 Å². The fraction of sp³-hybridized carbons (Fsp3) is 0.500. The lowest BCUT2D eigenvalue weighted by Crippen LogP contribution is -2.15. The summed E-state index contributed by atoms with van der Waals surface area (Å²) >= 11 is 0. The minimum absolute atomic E-state index is 0.853. The predicted octanol–water partition coefficient (Wildman–Crippen LogP) is 3.39. The van der Waals surface area contributed by atoms with Gasteiger partial charge in [0.2, 0.25) is 0 Å². The van der Waals surface area contributed by atoms with Gasteiger partial charge in [-0.1, -0.05) is 19.4 Å². The third kappa shape index (κ3) is 2.30. The second-order valence-corrected chi connectivity index (χ2v) is 5.77. The highest BCUT2D eigenvalue weighted by molar-refractivity contribution is 5.68. The van der Waals surface area contributed by atoms with E-state index in [1.165, 1.54) is 24.8 Å². The molecule has 0 fully saturated rings. The Morgan fingerprint density at radius 2 is 2.25 bits per heavy atom. The van der Waals surface area contributed by atoms with Crippen LogP contribution in [0.1, 0.15) is 38.3 Å². The second kappa shape index (κ2) is 5.27. The van der Waals surface area contributed by atoms with Gasteiger partial charge >= 0.3 is 0 Å². The molecule has 0 N–H and O–H groups in total. The van der Waals surface area contributed by atoms with Gasteiger partial charge in [-0.2, -0.15) is 9.61 Å². The lowest BCUT2D eigenvalue weighted by Gasteiger charge is -2.21. The molecule has 0 amide bonds. The Hall–Kier alpha value is -1.84. The van der Waals surface area contributed by atoms with Crippen molar-refractivity contribution in [2.45, 2.75) is 32.6 Å². The molecule has 0 saturated heterocycles. The second-order valence-electron chi connectivity index (χ2n) is 5.77. The van der Waals surface area contributed by atoms with E-state index in [1.54, 1.807) is 0 Å². The van der Waals surface area contributed by atoms with Gasteiger partial charge in [-0.15, -0.1) is 0 Å². The summed E-state index contributed by atoms with van der Waals surface area (Å²) in [4.78, 5) is 6.85. The van der Waals surface area contributed by atoms with Crippen molar-refractivity contribution in [3.8, 4) is 0 Å². The number of hydrogen-bond acceptors (Lipinski definition) is 3. The van der Waals surface area contributed by atoms with E-state index in [0.29, 0.717) is 0 Å². The molecular formula is C16H22N4. The van der Waals surface area contributed by atoms with E-state index >= 15 is 0 Å². The summed E-state index contributed by atoms with van der Waals surface area (Å²) in [5.74, 6) is 1.93. The first-order valence-electron chi connectivity index (χ1n) is 7.40. The highest BCUT2D eigenvalue weighted by Crippen LogP contribution is 2.32. The lowest BCUT2D eigenvalue weighted by atomic mass is 9.87. The Morgan fingerprint density at radius 1 is 1.40 bits per heavy atom. The molecule has 0 saturated carbocycles. The van der Waals surface area contributed by atoms with Crippen LogP contribution in [0, 0.1) is 5.92 Å². The van der Waals surface area contributed by atoms with Crippen molar-refractivity contribution < 1.29 is 0 Å². The summed E-state index contributed by atoms with van der Waals surface area (Å²) in [5, 5.41) is 4.34. The summed E-state index contributed by atoms with van der Waals surface area (Å²) in [6, 6.07) is 4.12. The maximum Gasteiger partial charge on any atom is 0.157 e. The Morgan fingerprint density at radius 3 is 2.90 bits per heavy atom. The number of hydrogen-bond donors (Lipinski definition) is 0. The van der Waals surface area contributed by atoms with Crippen LogP contribution in [0.25, 0.3) is 11.2 Å². The van der Waals surface area contributed by atoms with E-state index in [4.69, 9.17) is 4.98 Å². The fourth-order valence-electron chi connectivity index (χ4n) is 2.87. The topological polar surface area (TPSA) is 33.4 Å². The zero-order chi connectivity index (χ0) is 14.1. The van der Waals surface area contributed by atoms with Crippen LogP contribution in [0.2, 0.25) is 0 Å². The maximum atomic E-state index is 4.76. The van der Waals surface area contributed by atoms with Gasteiger partial charge in [0.1, 0.15) is 5.82 Å². The smallest absolute Gasteiger partial charge is 0.157 e. The number of fused-ring (bicyclic) bond motifs is 1. The van der Waals surface area contributed by atoms with E-state index in [-0.39, 0.29) is 0 Å². The maximum absolute atomic E-state index is 4.76. The minimum atomic E-state index is 0.853. The largest absolute Gasteiger partial charge is 0.363 e. The predicted molar refractivity (Wildman–Crippen MR) is 82.9 cm³/mol. The first-order valence-corrected chi connectivity index (χ1v) is 7.40. The van der Waals surface area contributed by atoms with Crippen LogP contribution >= 0.6 is 0 Å². The monoisotopic (exact) mass is 270 g/mol. The van der Waals surface area contributed by atoms with E-state index in [0.717, 1.165) is 29.5 Å². The molecule has 20 heavy (non-hydrogen) atoms. The van der Waals surface area contributed by atoms with Gasteiger partial charge in [0.15, 0.2) is 5.65 Å². The van der Waals surface area contributed by atoms with Crippen LogP contribution in [0.4, 0.5) is 5.82 Å². The van der Waals surface area contributed by atoms with Gasteiger partial charge in [0.05, 0.1) is 11.9 Å². The molecule has 0 aromatic carbocycles. The molecule has 1 unspecified atom stereocenters. The minimum Gasteiger partial charge on any atom is -0.363 e. The molecular weight excluding hydrogens is 248 g/mol. The van der Waals surface area contributed by atoms with Crippen molar-refractivity contribution in [3.05, 3.63) is 30.1 Å². The molecule has 2 aromatic heterocycles. The van der Waals surface area contributed by atoms with Gasteiger partial charge < -0.3 is 4.90 Å². The molecule has 0 spiro atoms. The molecule has 1 aliphatic carbocycles. The van der Waals surface area contributed by atoms with Crippen LogP contribution in [0.15, 0.2) is 24.4 Å². The molecule has 1 atom stereocenters. The number of allylic oxidation sites excluding steroid dienone is 2. The number of aromatic nitrogens is 3. The SMILES string of the molecule is CCC1CC=C(c2cc(N(C)C)n3nccc3n2)CC1. The van der Waals surface area contributed by atoms with Crippen molar-refractivity contribution in [2.24, 2.45) is 5.92 Å². The first kappa shape index (κ1) is 13.2. The van der Waals surface area contributed by atoms with Crippen LogP contribution in [0.5, 0.6) is 0 Å². The summed E-state index contributed by atoms with van der Waals surface area (Å²) in [5.41, 5.74) is 3.42. The molecule has 1 aliphatic rings. The summed E-state index contributed by atoms with van der Waals surface area (Å²) < 4.78 is 1.89. The van der Waals surface area contributed by atoms with Gasteiger partial charge in [-0.25, -0.2) is 4.98 Å². The van der Waals surface area contributed by atoms with Gasteiger partial charge in [0, 0.05) is 26.2 Å². The Balaban J connectivity index is 2.02. The van der Waals surface area contributed by atoms with Crippen molar-refractivity contribution in [2.75, 3.05) is 19.0 Å². The zero-order valence-corrected chi connectivity index (χ0v) is 12.5. The Labute approximate surface area is 120 Å². The van der Waals surface area contributed by atoms with Gasteiger partial charge in [-0.05, 0) is 30.8 Å². The quantitative estimate of drug-likeness (QED) is 0.857. The molecule has 106 valence electrons. The van der Waals surface area contributed by atoms with Crippen molar-refractivity contribution in [1.29, 1.82) is 0 Å². The molecule has 2 heterocycles. The van der Waals surface area contributed by atoms with E-state index in [2.05, 4.69) is 29.1 Å². The van der Waals surface area contributed by atoms with Crippen molar-refractivity contribution in [1.82, 2.24) is 14.6 Å². The molecule has 2 aromatic rings. The van der Waals surface area contributed by atoms with Crippen molar-refractivity contribution >= 4 is 17.0 Å². The number of rotatable bonds is 3. The molecule has 0 radical (unpaired) electrons. The fourth-order valence-corrected chi connectivity index (χ4v) is 2.87. The molecule has 0 aliphatic heterocycles. The standard InChI is InChI=1S/C16H22N4/c1-4-12-5-7-13(8-6-12)14-11-16(19(2)3)20-15(18-14)9-10-17-20/h7,9-12H,4-6,8H2,1-3H3. The molecule has 4 nitrogen and oxygen atoms in total. The number of nitrogens with zero attached hydrogens (tertiary/aromatic N) is 4. The first-order chi connectivity index (χ1) is 9.69. The van der Waals surface area contributed by atoms with Crippen LogP contribution in [-0.2, 0) is 0 Å². The zero-order valence-electron chi connectivity index (χ0n) is 12.5. The average molecular weight is 270 g/mol. The Bertz CT molecular complexity index is 639. The van der Waals surface area contributed by atoms with E-state index < -0.39 is 0 Å². The van der Waals surface area contributed by atoms with E-state index in [9.17, 15) is 0 Å². The van der Waals surface area contributed by atoms with Crippen molar-refractivity contribution in [3.63, 3.8) is 0 Å². The molecule has 0 bridgehead atoms. The summed E-state index contributed by atoms with van der Waals surface area (Å²) in [6.07, 6.45) is 9.08. The summed E-state index contributed by atoms with van der Waals surface area (Å²) in [6.45, 7) is 2.28. The van der Waals surface area contributed by atoms with E-state index in [1.807, 2.05) is 30.9 Å². The lowest BCUT2D eigenvalue weighted by molar-refractivity contribution is 0.470. The normalized spacial score (nSPS) is 19.1. The van der Waals surface area contributed by atoms with Crippen LogP contribution in [-0.4, -0.2) is 28.7 Å². The summed E-state index contributed by atoms with van der Waals surface area (Å²) in [7, 11) is 4.09. The third-order valence-corrected chi connectivity index (χ3v) is 4.22. The Kier molecular flexibility index (Phi) is 3.47. The average Bonchev–Trinajstić information content (AvgIpc) is 2.94. The number of anilines is 1. The highest BCUT2D eigenvalue weighted by atomic mass is 15.3.